The second kappa shape index (κ2) is 8.67. The van der Waals surface area contributed by atoms with E-state index >= 15 is 0 Å². The molecule has 3 rings (SSSR count). The number of hydrogen-bond acceptors (Lipinski definition) is 6. The molecule has 8 heteroatoms. The lowest BCUT2D eigenvalue weighted by atomic mass is 10.2. The van der Waals surface area contributed by atoms with Crippen LogP contribution in [0.3, 0.4) is 0 Å². The molecule has 0 aliphatic carbocycles. The molecule has 0 aliphatic rings. The van der Waals surface area contributed by atoms with Gasteiger partial charge in [0.15, 0.2) is 11.6 Å². The van der Waals surface area contributed by atoms with Crippen LogP contribution in [0.4, 0.5) is 4.39 Å². The fourth-order valence-electron chi connectivity index (χ4n) is 2.48. The van der Waals surface area contributed by atoms with Crippen LogP contribution in [-0.2, 0) is 4.79 Å². The molecule has 0 fully saturated rings. The van der Waals surface area contributed by atoms with E-state index in [0.29, 0.717) is 6.54 Å². The van der Waals surface area contributed by atoms with Gasteiger partial charge in [0.2, 0.25) is 5.91 Å². The molecule has 3 aromatic rings. The number of para-hydroxylation sites is 1. The van der Waals surface area contributed by atoms with Crippen molar-refractivity contribution in [3.8, 4) is 5.75 Å². The summed E-state index contributed by atoms with van der Waals surface area (Å²) in [6.07, 6.45) is 1.54. The third-order valence-corrected chi connectivity index (χ3v) is 6.30. The lowest BCUT2D eigenvalue weighted by Gasteiger charge is -2.17. The molecule has 0 saturated heterocycles. The maximum Gasteiger partial charge on any atom is 0.232 e. The maximum atomic E-state index is 13.5. The van der Waals surface area contributed by atoms with Gasteiger partial charge < -0.3 is 9.64 Å². The Hall–Kier alpha value is -2.19. The molecular weight excluding hydrogens is 385 g/mol. The number of thioether (sulfide) groups is 1. The SMILES string of the molecule is Cc1sc2ncnc(SCC(=O)N(C)CCOc3ccccc3F)c2c1C. The van der Waals surface area contributed by atoms with Crippen molar-refractivity contribution >= 4 is 39.2 Å². The zero-order valence-corrected chi connectivity index (χ0v) is 17.0. The number of rotatable bonds is 7. The molecule has 0 unspecified atom stereocenters. The first-order valence-corrected chi connectivity index (χ1v) is 10.2. The minimum Gasteiger partial charge on any atom is -0.489 e. The summed E-state index contributed by atoms with van der Waals surface area (Å²) in [5, 5.41) is 1.86. The van der Waals surface area contributed by atoms with E-state index in [9.17, 15) is 9.18 Å². The van der Waals surface area contributed by atoms with Crippen LogP contribution in [0.25, 0.3) is 10.2 Å². The van der Waals surface area contributed by atoms with E-state index in [4.69, 9.17) is 4.74 Å². The van der Waals surface area contributed by atoms with Gasteiger partial charge >= 0.3 is 0 Å². The summed E-state index contributed by atoms with van der Waals surface area (Å²) >= 11 is 3.05. The normalized spacial score (nSPS) is 11.0. The van der Waals surface area contributed by atoms with E-state index in [1.165, 1.54) is 29.0 Å². The Morgan fingerprint density at radius 2 is 2.07 bits per heavy atom. The van der Waals surface area contributed by atoms with Crippen molar-refractivity contribution in [2.75, 3.05) is 26.0 Å². The number of ether oxygens (including phenoxy) is 1. The minimum absolute atomic E-state index is 0.0338. The summed E-state index contributed by atoms with van der Waals surface area (Å²) in [5.74, 6) is 0.0283. The van der Waals surface area contributed by atoms with Gasteiger partial charge in [0, 0.05) is 17.3 Å². The lowest BCUT2D eigenvalue weighted by molar-refractivity contribution is -0.127. The third-order valence-electron chi connectivity index (χ3n) is 4.21. The van der Waals surface area contributed by atoms with Crippen molar-refractivity contribution in [3.63, 3.8) is 0 Å². The third kappa shape index (κ3) is 4.56. The van der Waals surface area contributed by atoms with Crippen LogP contribution in [0.15, 0.2) is 35.6 Å². The van der Waals surface area contributed by atoms with Gasteiger partial charge in [-0.05, 0) is 31.5 Å². The number of aryl methyl sites for hydroxylation is 2. The number of aromatic nitrogens is 2. The van der Waals surface area contributed by atoms with Crippen molar-refractivity contribution in [2.45, 2.75) is 18.9 Å². The molecule has 0 atom stereocenters. The van der Waals surface area contributed by atoms with Crippen LogP contribution < -0.4 is 4.74 Å². The Labute approximate surface area is 165 Å². The predicted molar refractivity (Wildman–Crippen MR) is 107 cm³/mol. The summed E-state index contributed by atoms with van der Waals surface area (Å²) in [4.78, 5) is 24.8. The molecule has 0 bridgehead atoms. The van der Waals surface area contributed by atoms with Crippen molar-refractivity contribution in [1.29, 1.82) is 0 Å². The van der Waals surface area contributed by atoms with Gasteiger partial charge in [-0.2, -0.15) is 0 Å². The van der Waals surface area contributed by atoms with Crippen LogP contribution >= 0.6 is 23.1 Å². The number of hydrogen-bond donors (Lipinski definition) is 0. The lowest BCUT2D eigenvalue weighted by Crippen LogP contribution is -2.32. The van der Waals surface area contributed by atoms with Crippen LogP contribution in [0, 0.1) is 19.7 Å². The van der Waals surface area contributed by atoms with Crippen molar-refractivity contribution in [3.05, 3.63) is 46.9 Å². The van der Waals surface area contributed by atoms with E-state index < -0.39 is 5.82 Å². The average molecular weight is 406 g/mol. The van der Waals surface area contributed by atoms with Crippen molar-refractivity contribution in [1.82, 2.24) is 14.9 Å². The topological polar surface area (TPSA) is 55.3 Å². The number of thiophene rings is 1. The standard InChI is InChI=1S/C19H20FN3O2S2/c1-12-13(2)27-19-17(12)18(21-11-22-19)26-10-16(24)23(3)8-9-25-15-7-5-4-6-14(15)20/h4-7,11H,8-10H2,1-3H3. The highest BCUT2D eigenvalue weighted by Gasteiger charge is 2.15. The Balaban J connectivity index is 1.54. The first kappa shape index (κ1) is 19.6. The zero-order chi connectivity index (χ0) is 19.4. The Bertz CT molecular complexity index is 961. The van der Waals surface area contributed by atoms with Crippen LogP contribution in [0.1, 0.15) is 10.4 Å². The molecule has 2 aromatic heterocycles. The molecule has 0 radical (unpaired) electrons. The van der Waals surface area contributed by atoms with Gasteiger partial charge in [0.05, 0.1) is 12.3 Å². The second-order valence-electron chi connectivity index (χ2n) is 6.03. The van der Waals surface area contributed by atoms with Crippen molar-refractivity contribution < 1.29 is 13.9 Å². The quantitative estimate of drug-likeness (QED) is 0.438. The Kier molecular flexibility index (Phi) is 6.28. The van der Waals surface area contributed by atoms with Gasteiger partial charge in [-0.3, -0.25) is 4.79 Å². The average Bonchev–Trinajstić information content (AvgIpc) is 2.95. The maximum absolute atomic E-state index is 13.5. The number of likely N-dealkylation sites (N-methyl/N-ethyl adjacent to an activating group) is 1. The molecule has 2 heterocycles. The first-order valence-electron chi connectivity index (χ1n) is 8.42. The van der Waals surface area contributed by atoms with Gasteiger partial charge in [-0.1, -0.05) is 23.9 Å². The molecule has 0 N–H and O–H groups in total. The zero-order valence-electron chi connectivity index (χ0n) is 15.4. The van der Waals surface area contributed by atoms with E-state index in [1.54, 1.807) is 41.5 Å². The predicted octanol–water partition coefficient (Wildman–Crippen LogP) is 4.08. The molecule has 5 nitrogen and oxygen atoms in total. The Morgan fingerprint density at radius 1 is 1.30 bits per heavy atom. The summed E-state index contributed by atoms with van der Waals surface area (Å²) in [5.41, 5.74) is 1.16. The van der Waals surface area contributed by atoms with Crippen LogP contribution in [-0.4, -0.2) is 46.7 Å². The van der Waals surface area contributed by atoms with Gasteiger partial charge in [0.25, 0.3) is 0 Å². The number of amides is 1. The fraction of sp³-hybridized carbons (Fsp3) is 0.316. The summed E-state index contributed by atoms with van der Waals surface area (Å²) < 4.78 is 18.9. The molecule has 0 spiro atoms. The number of benzene rings is 1. The number of carbonyl (C=O) groups is 1. The highest BCUT2D eigenvalue weighted by molar-refractivity contribution is 8.00. The number of nitrogens with zero attached hydrogens (tertiary/aromatic N) is 3. The van der Waals surface area contributed by atoms with Gasteiger partial charge in [-0.15, -0.1) is 11.3 Å². The number of halogens is 1. The molecule has 0 aliphatic heterocycles. The monoisotopic (exact) mass is 405 g/mol. The minimum atomic E-state index is -0.406. The number of carbonyl (C=O) groups excluding carboxylic acids is 1. The second-order valence-corrected chi connectivity index (χ2v) is 8.19. The number of fused-ring (bicyclic) bond motifs is 1. The molecule has 27 heavy (non-hydrogen) atoms. The summed E-state index contributed by atoms with van der Waals surface area (Å²) in [6, 6.07) is 6.23. The van der Waals surface area contributed by atoms with Crippen LogP contribution in [0.5, 0.6) is 5.75 Å². The first-order chi connectivity index (χ1) is 13.0. The smallest absolute Gasteiger partial charge is 0.232 e. The molecule has 0 saturated carbocycles. The molecule has 142 valence electrons. The van der Waals surface area contributed by atoms with Gasteiger partial charge in [0.1, 0.15) is 22.8 Å². The molecule has 1 aromatic carbocycles. The van der Waals surface area contributed by atoms with E-state index in [-0.39, 0.29) is 24.0 Å². The van der Waals surface area contributed by atoms with Crippen LogP contribution in [0.2, 0.25) is 0 Å². The molecule has 1 amide bonds. The van der Waals surface area contributed by atoms with E-state index in [1.807, 2.05) is 0 Å². The van der Waals surface area contributed by atoms with Gasteiger partial charge in [-0.25, -0.2) is 14.4 Å². The highest BCUT2D eigenvalue weighted by atomic mass is 32.2. The Morgan fingerprint density at radius 3 is 2.85 bits per heavy atom. The summed E-state index contributed by atoms with van der Waals surface area (Å²) in [7, 11) is 1.71. The molecular formula is C19H20FN3O2S2. The van der Waals surface area contributed by atoms with E-state index in [0.717, 1.165) is 20.8 Å². The highest BCUT2D eigenvalue weighted by Crippen LogP contribution is 2.34. The fourth-order valence-corrected chi connectivity index (χ4v) is 4.54. The summed E-state index contributed by atoms with van der Waals surface area (Å²) in [6.45, 7) is 4.72. The van der Waals surface area contributed by atoms with Crippen molar-refractivity contribution in [2.24, 2.45) is 0 Å². The largest absolute Gasteiger partial charge is 0.489 e. The van der Waals surface area contributed by atoms with E-state index in [2.05, 4.69) is 23.8 Å².